The van der Waals surface area contributed by atoms with Crippen LogP contribution in [-0.2, 0) is 65.4 Å². The maximum atomic E-state index is 13.1. The van der Waals surface area contributed by atoms with Crippen molar-refractivity contribution in [3.05, 3.63) is 24.3 Å². The van der Waals surface area contributed by atoms with E-state index in [0.29, 0.717) is 31.6 Å². The third kappa shape index (κ3) is 69.8. The molecular weight excluding hydrogens is 1250 g/mol. The summed E-state index contributed by atoms with van der Waals surface area (Å²) in [6.07, 6.45) is 55.2. The second-order valence-corrected chi connectivity index (χ2v) is 31.0. The summed E-state index contributed by atoms with van der Waals surface area (Å²) in [6.45, 7) is 11.7. The van der Waals surface area contributed by atoms with E-state index in [0.717, 1.165) is 121 Å². The number of unbranched alkanes of at least 4 members (excludes halogenated alkanes) is 37. The standard InChI is InChI=1S/C76H144O17P2/c1-8-9-10-11-12-13-14-15-18-23-26-31-36-45-52-59-75(80)92-71(63-86-73(78)57-50-43-35-30-25-22-20-17-16-19-21-24-28-33-40-47-54-67(2)3)65-90-94(82,83)88-61-70(77)62-89-95(84,85)91-66-72(64-87-74(79)58-51-44-39-38-42-49-56-69(6)7)93-76(81)60-53-46-37-32-27-29-34-41-48-55-68(4)5/h13-15,18,67-72,77H,8-12,16-17,19-66H2,1-7H3,(H,82,83)(H,84,85)/b14-13-,18-15-/t70-,71-,72-/m1/s1. The lowest BCUT2D eigenvalue weighted by Gasteiger charge is -2.21. The van der Waals surface area contributed by atoms with Crippen LogP contribution >= 0.6 is 15.6 Å². The lowest BCUT2D eigenvalue weighted by Crippen LogP contribution is -2.30. The van der Waals surface area contributed by atoms with E-state index in [1.54, 1.807) is 0 Å². The van der Waals surface area contributed by atoms with Crippen molar-refractivity contribution in [3.63, 3.8) is 0 Å². The average Bonchev–Trinajstić information content (AvgIpc) is 3.24. The fraction of sp³-hybridized carbons (Fsp3) is 0.895. The van der Waals surface area contributed by atoms with Gasteiger partial charge in [0.25, 0.3) is 0 Å². The molecule has 19 heteroatoms. The fourth-order valence-electron chi connectivity index (χ4n) is 11.1. The van der Waals surface area contributed by atoms with Crippen molar-refractivity contribution in [2.24, 2.45) is 17.8 Å². The van der Waals surface area contributed by atoms with Crippen LogP contribution in [0.15, 0.2) is 24.3 Å². The molecule has 5 atom stereocenters. The molecule has 3 N–H and O–H groups in total. The Kier molecular flexibility index (Phi) is 64.4. The Bertz CT molecular complexity index is 1950. The third-order valence-corrected chi connectivity index (χ3v) is 18.9. The molecule has 0 aromatic rings. The topological polar surface area (TPSA) is 237 Å². The zero-order chi connectivity index (χ0) is 70.1. The lowest BCUT2D eigenvalue weighted by molar-refractivity contribution is -0.161. The summed E-state index contributed by atoms with van der Waals surface area (Å²) in [7, 11) is -9.92. The summed E-state index contributed by atoms with van der Waals surface area (Å²) in [4.78, 5) is 72.7. The van der Waals surface area contributed by atoms with Gasteiger partial charge in [-0.05, 0) is 69.1 Å². The number of esters is 4. The Morgan fingerprint density at radius 2 is 0.568 bits per heavy atom. The van der Waals surface area contributed by atoms with Crippen LogP contribution in [-0.4, -0.2) is 96.7 Å². The van der Waals surface area contributed by atoms with Gasteiger partial charge in [-0.15, -0.1) is 0 Å². The first-order valence-corrected chi connectivity index (χ1v) is 41.7. The number of allylic oxidation sites excluding steroid dienone is 4. The molecule has 2 unspecified atom stereocenters. The molecule has 560 valence electrons. The number of hydrogen-bond donors (Lipinski definition) is 3. The molecule has 17 nitrogen and oxygen atoms in total. The molecular formula is C76H144O17P2. The van der Waals surface area contributed by atoms with Crippen LogP contribution in [0.25, 0.3) is 0 Å². The average molecular weight is 1390 g/mol. The van der Waals surface area contributed by atoms with Crippen LogP contribution in [0.1, 0.15) is 363 Å². The minimum atomic E-state index is -4.97. The second-order valence-electron chi connectivity index (χ2n) is 28.1. The second kappa shape index (κ2) is 66.1. The van der Waals surface area contributed by atoms with Gasteiger partial charge in [0.15, 0.2) is 12.2 Å². The van der Waals surface area contributed by atoms with Gasteiger partial charge in [0.05, 0.1) is 26.4 Å². The molecule has 0 spiro atoms. The van der Waals surface area contributed by atoms with Gasteiger partial charge >= 0.3 is 39.5 Å². The summed E-state index contributed by atoms with van der Waals surface area (Å²) in [5.41, 5.74) is 0. The SMILES string of the molecule is CCCCCC/C=C\C=C/CCCCCCCC(=O)O[C@H](COC(=O)CCCCCCCCCCCCCCCCCCC(C)C)COP(=O)(O)OC[C@@H](O)COP(=O)(O)OC[C@@H](COC(=O)CCCCCCCCC(C)C)OC(=O)CCCCCCCCCCCC(C)C. The Hall–Kier alpha value is -2.46. The number of aliphatic hydroxyl groups is 1. The number of carbonyl (C=O) groups excluding carboxylic acids is 4. The van der Waals surface area contributed by atoms with E-state index in [2.05, 4.69) is 72.8 Å². The van der Waals surface area contributed by atoms with Gasteiger partial charge in [-0.3, -0.25) is 37.3 Å². The number of carbonyl (C=O) groups is 4. The first-order valence-electron chi connectivity index (χ1n) is 38.7. The number of rotatable bonds is 72. The van der Waals surface area contributed by atoms with Crippen molar-refractivity contribution >= 4 is 39.5 Å². The molecule has 0 saturated carbocycles. The molecule has 0 bridgehead atoms. The summed E-state index contributed by atoms with van der Waals surface area (Å²) < 4.78 is 68.4. The lowest BCUT2D eigenvalue weighted by atomic mass is 10.0. The van der Waals surface area contributed by atoms with Gasteiger partial charge < -0.3 is 33.8 Å². The largest absolute Gasteiger partial charge is 0.472 e. The van der Waals surface area contributed by atoms with Gasteiger partial charge in [0.2, 0.25) is 0 Å². The van der Waals surface area contributed by atoms with Crippen molar-refractivity contribution in [1.29, 1.82) is 0 Å². The van der Waals surface area contributed by atoms with Gasteiger partial charge in [-0.25, -0.2) is 9.13 Å². The van der Waals surface area contributed by atoms with Crippen LogP contribution in [0.5, 0.6) is 0 Å². The first-order chi connectivity index (χ1) is 45.7. The molecule has 0 heterocycles. The molecule has 0 aromatic heterocycles. The van der Waals surface area contributed by atoms with Crippen LogP contribution in [0.4, 0.5) is 0 Å². The number of hydrogen-bond acceptors (Lipinski definition) is 15. The van der Waals surface area contributed by atoms with Crippen LogP contribution in [0.2, 0.25) is 0 Å². The quantitative estimate of drug-likeness (QED) is 0.0169. The number of phosphoric acid groups is 2. The highest BCUT2D eigenvalue weighted by molar-refractivity contribution is 7.47. The van der Waals surface area contributed by atoms with E-state index < -0.39 is 97.5 Å². The Morgan fingerprint density at radius 1 is 0.326 bits per heavy atom. The highest BCUT2D eigenvalue weighted by Crippen LogP contribution is 2.45. The fourth-order valence-corrected chi connectivity index (χ4v) is 12.6. The smallest absolute Gasteiger partial charge is 0.462 e. The van der Waals surface area contributed by atoms with Crippen LogP contribution in [0, 0.1) is 17.8 Å². The number of phosphoric ester groups is 2. The van der Waals surface area contributed by atoms with Crippen molar-refractivity contribution in [2.75, 3.05) is 39.6 Å². The van der Waals surface area contributed by atoms with E-state index in [1.165, 1.54) is 154 Å². The predicted octanol–water partition coefficient (Wildman–Crippen LogP) is 21.7. The predicted molar refractivity (Wildman–Crippen MR) is 386 cm³/mol. The van der Waals surface area contributed by atoms with E-state index in [4.69, 9.17) is 37.0 Å². The molecule has 0 fully saturated rings. The van der Waals surface area contributed by atoms with E-state index in [9.17, 15) is 43.2 Å². The van der Waals surface area contributed by atoms with Crippen molar-refractivity contribution in [3.8, 4) is 0 Å². The molecule has 0 saturated heterocycles. The van der Waals surface area contributed by atoms with Crippen molar-refractivity contribution in [1.82, 2.24) is 0 Å². The zero-order valence-electron chi connectivity index (χ0n) is 61.6. The minimum Gasteiger partial charge on any atom is -0.462 e. The molecule has 0 aromatic carbocycles. The highest BCUT2D eigenvalue weighted by Gasteiger charge is 2.30. The van der Waals surface area contributed by atoms with Gasteiger partial charge in [0, 0.05) is 25.7 Å². The molecule has 95 heavy (non-hydrogen) atoms. The summed E-state index contributed by atoms with van der Waals surface area (Å²) in [5.74, 6) is 0.0715. The van der Waals surface area contributed by atoms with Gasteiger partial charge in [0.1, 0.15) is 19.3 Å². The maximum absolute atomic E-state index is 13.1. The molecule has 0 aliphatic carbocycles. The Balaban J connectivity index is 5.25. The van der Waals surface area contributed by atoms with Crippen molar-refractivity contribution < 1.29 is 80.2 Å². The molecule has 0 aliphatic rings. The van der Waals surface area contributed by atoms with E-state index >= 15 is 0 Å². The summed E-state index contributed by atoms with van der Waals surface area (Å²) >= 11 is 0. The molecule has 0 aliphatic heterocycles. The minimum absolute atomic E-state index is 0.0849. The number of ether oxygens (including phenoxy) is 4. The van der Waals surface area contributed by atoms with E-state index in [1.807, 2.05) is 0 Å². The number of aliphatic hydroxyl groups excluding tert-OH is 1. The molecule has 0 radical (unpaired) electrons. The summed E-state index contributed by atoms with van der Waals surface area (Å²) in [6, 6.07) is 0. The van der Waals surface area contributed by atoms with Gasteiger partial charge in [-0.1, -0.05) is 310 Å². The summed E-state index contributed by atoms with van der Waals surface area (Å²) in [5, 5.41) is 10.6. The van der Waals surface area contributed by atoms with Crippen LogP contribution < -0.4 is 0 Å². The van der Waals surface area contributed by atoms with Crippen molar-refractivity contribution in [2.45, 2.75) is 381 Å². The van der Waals surface area contributed by atoms with Crippen LogP contribution in [0.3, 0.4) is 0 Å². The Labute approximate surface area is 580 Å². The molecule has 0 amide bonds. The Morgan fingerprint density at radius 3 is 0.853 bits per heavy atom. The van der Waals surface area contributed by atoms with Gasteiger partial charge in [-0.2, -0.15) is 0 Å². The first kappa shape index (κ1) is 92.5. The third-order valence-electron chi connectivity index (χ3n) is 17.0. The normalized spacial score (nSPS) is 14.2. The highest BCUT2D eigenvalue weighted by atomic mass is 31.2. The monoisotopic (exact) mass is 1390 g/mol. The zero-order valence-corrected chi connectivity index (χ0v) is 63.4. The van der Waals surface area contributed by atoms with E-state index in [-0.39, 0.29) is 25.7 Å². The maximum Gasteiger partial charge on any atom is 0.472 e. The molecule has 0 rings (SSSR count).